The van der Waals surface area contributed by atoms with E-state index in [0.717, 1.165) is 29.1 Å². The zero-order chi connectivity index (χ0) is 12.9. The van der Waals surface area contributed by atoms with E-state index in [-0.39, 0.29) is 0 Å². The first-order valence-electron chi connectivity index (χ1n) is 6.16. The molecule has 0 aliphatic heterocycles. The normalized spacial score (nSPS) is 10.1. The number of rotatable bonds is 2. The van der Waals surface area contributed by atoms with Crippen molar-refractivity contribution in [1.82, 2.24) is 9.97 Å². The smallest absolute Gasteiger partial charge is 0.113 e. The van der Waals surface area contributed by atoms with Gasteiger partial charge >= 0.3 is 0 Å². The highest BCUT2D eigenvalue weighted by Gasteiger charge is 2.01. The second-order valence-electron chi connectivity index (χ2n) is 4.09. The van der Waals surface area contributed by atoms with E-state index in [1.54, 1.807) is 17.5 Å². The lowest BCUT2D eigenvalue weighted by Crippen LogP contribution is -1.82. The number of benzene rings is 1. The molecule has 0 amide bonds. The molecule has 19 heavy (non-hydrogen) atoms. The quantitative estimate of drug-likeness (QED) is 0.660. The molecule has 0 aliphatic carbocycles. The van der Waals surface area contributed by atoms with Crippen LogP contribution in [0.2, 0.25) is 0 Å². The van der Waals surface area contributed by atoms with Gasteiger partial charge in [0.25, 0.3) is 0 Å². The first-order valence-corrected chi connectivity index (χ1v) is 6.98. The topological polar surface area (TPSA) is 25.8 Å². The van der Waals surface area contributed by atoms with E-state index in [1.807, 2.05) is 30.3 Å². The third kappa shape index (κ3) is 2.98. The number of hydrogen-bond acceptors (Lipinski definition) is 3. The van der Waals surface area contributed by atoms with Gasteiger partial charge in [-0.1, -0.05) is 24.1 Å². The van der Waals surface area contributed by atoms with Gasteiger partial charge in [-0.3, -0.25) is 0 Å². The molecule has 0 bridgehead atoms. The van der Waals surface area contributed by atoms with Gasteiger partial charge in [-0.05, 0) is 30.2 Å². The standard InChI is InChI=1S/C16H12N2S/c1(7-13-8-5-6-12-17-13)4-11-16-18-14-9-2-3-10-15(14)19-16/h2-3,5-6,8-10,12H,4,11H2. The molecular weight excluding hydrogens is 252 g/mol. The second-order valence-corrected chi connectivity index (χ2v) is 5.21. The van der Waals surface area contributed by atoms with Crippen LogP contribution in [0.15, 0.2) is 48.7 Å². The lowest BCUT2D eigenvalue weighted by molar-refractivity contribution is 1.01. The molecule has 92 valence electrons. The molecule has 0 N–H and O–H groups in total. The Bertz CT molecular complexity index is 702. The SMILES string of the molecule is C(#Cc1ccccn1)CCc1nc2ccccc2s1. The summed E-state index contributed by atoms with van der Waals surface area (Å²) in [6.07, 6.45) is 3.48. The summed E-state index contributed by atoms with van der Waals surface area (Å²) in [5, 5.41) is 1.15. The van der Waals surface area contributed by atoms with E-state index in [9.17, 15) is 0 Å². The molecule has 0 aliphatic rings. The highest BCUT2D eigenvalue weighted by molar-refractivity contribution is 7.18. The van der Waals surface area contributed by atoms with Gasteiger partial charge in [0.2, 0.25) is 0 Å². The molecule has 3 aromatic rings. The van der Waals surface area contributed by atoms with Crippen LogP contribution in [0.25, 0.3) is 10.2 Å². The van der Waals surface area contributed by atoms with Crippen molar-refractivity contribution in [2.75, 3.05) is 0 Å². The molecule has 0 spiro atoms. The van der Waals surface area contributed by atoms with Crippen molar-refractivity contribution in [3.63, 3.8) is 0 Å². The molecule has 0 atom stereocenters. The van der Waals surface area contributed by atoms with Crippen LogP contribution in [0.1, 0.15) is 17.1 Å². The van der Waals surface area contributed by atoms with Crippen LogP contribution in [0.3, 0.4) is 0 Å². The minimum absolute atomic E-state index is 0.816. The van der Waals surface area contributed by atoms with Crippen LogP contribution in [0.4, 0.5) is 0 Å². The number of nitrogens with zero attached hydrogens (tertiary/aromatic N) is 2. The fourth-order valence-electron chi connectivity index (χ4n) is 1.79. The van der Waals surface area contributed by atoms with Crippen molar-refractivity contribution < 1.29 is 0 Å². The van der Waals surface area contributed by atoms with Crippen molar-refractivity contribution in [2.45, 2.75) is 12.8 Å². The Labute approximate surface area is 116 Å². The predicted molar refractivity (Wildman–Crippen MR) is 79.1 cm³/mol. The molecule has 3 rings (SSSR count). The van der Waals surface area contributed by atoms with Crippen molar-refractivity contribution in [3.8, 4) is 11.8 Å². The molecule has 3 heteroatoms. The lowest BCUT2D eigenvalue weighted by Gasteiger charge is -1.88. The molecule has 0 radical (unpaired) electrons. The highest BCUT2D eigenvalue weighted by Crippen LogP contribution is 2.22. The lowest BCUT2D eigenvalue weighted by atomic mass is 10.3. The average molecular weight is 264 g/mol. The monoisotopic (exact) mass is 264 g/mol. The van der Waals surface area contributed by atoms with Crippen LogP contribution in [-0.2, 0) is 6.42 Å². The molecule has 0 unspecified atom stereocenters. The summed E-state index contributed by atoms with van der Waals surface area (Å²) in [5.41, 5.74) is 1.91. The maximum absolute atomic E-state index is 4.59. The van der Waals surface area contributed by atoms with Crippen molar-refractivity contribution in [2.24, 2.45) is 0 Å². The summed E-state index contributed by atoms with van der Waals surface area (Å²) < 4.78 is 1.25. The number of fused-ring (bicyclic) bond motifs is 1. The van der Waals surface area contributed by atoms with Gasteiger partial charge in [0, 0.05) is 19.0 Å². The van der Waals surface area contributed by atoms with Gasteiger partial charge < -0.3 is 0 Å². The molecule has 2 heterocycles. The number of thiazole rings is 1. The number of hydrogen-bond donors (Lipinski definition) is 0. The van der Waals surface area contributed by atoms with Gasteiger partial charge in [-0.25, -0.2) is 9.97 Å². The summed E-state index contributed by atoms with van der Waals surface area (Å²) in [5.74, 6) is 6.21. The van der Waals surface area contributed by atoms with Gasteiger partial charge in [0.05, 0.1) is 15.2 Å². The Morgan fingerprint density at radius 1 is 1.05 bits per heavy atom. The van der Waals surface area contributed by atoms with Crippen LogP contribution < -0.4 is 0 Å². The van der Waals surface area contributed by atoms with Gasteiger partial charge in [0.1, 0.15) is 5.69 Å². The highest BCUT2D eigenvalue weighted by atomic mass is 32.1. The minimum Gasteiger partial charge on any atom is -0.248 e. The Morgan fingerprint density at radius 3 is 2.79 bits per heavy atom. The van der Waals surface area contributed by atoms with Gasteiger partial charge in [-0.2, -0.15) is 0 Å². The average Bonchev–Trinajstić information content (AvgIpc) is 2.87. The largest absolute Gasteiger partial charge is 0.248 e. The van der Waals surface area contributed by atoms with Crippen molar-refractivity contribution in [1.29, 1.82) is 0 Å². The predicted octanol–water partition coefficient (Wildman–Crippen LogP) is 3.68. The molecule has 0 fully saturated rings. The fraction of sp³-hybridized carbons (Fsp3) is 0.125. The zero-order valence-corrected chi connectivity index (χ0v) is 11.2. The molecule has 0 saturated heterocycles. The summed E-state index contributed by atoms with van der Waals surface area (Å²) in [6.45, 7) is 0. The number of pyridine rings is 1. The second kappa shape index (κ2) is 5.64. The first kappa shape index (κ1) is 11.9. The summed E-state index contributed by atoms with van der Waals surface area (Å²) in [6, 6.07) is 14.0. The van der Waals surface area contributed by atoms with Crippen LogP contribution in [-0.4, -0.2) is 9.97 Å². The first-order chi connectivity index (χ1) is 9.42. The Balaban J connectivity index is 1.65. The van der Waals surface area contributed by atoms with E-state index >= 15 is 0 Å². The molecular formula is C16H12N2S. The maximum atomic E-state index is 4.59. The van der Waals surface area contributed by atoms with Crippen LogP contribution in [0, 0.1) is 11.8 Å². The van der Waals surface area contributed by atoms with Crippen LogP contribution >= 0.6 is 11.3 Å². The third-order valence-electron chi connectivity index (χ3n) is 2.68. The van der Waals surface area contributed by atoms with Crippen LogP contribution in [0.5, 0.6) is 0 Å². The third-order valence-corrected chi connectivity index (χ3v) is 3.78. The van der Waals surface area contributed by atoms with E-state index in [1.165, 1.54) is 4.70 Å². The fourth-order valence-corrected chi connectivity index (χ4v) is 2.75. The van der Waals surface area contributed by atoms with E-state index in [4.69, 9.17) is 0 Å². The number of para-hydroxylation sites is 1. The summed E-state index contributed by atoms with van der Waals surface area (Å²) in [7, 11) is 0. The Hall–Kier alpha value is -2.18. The summed E-state index contributed by atoms with van der Waals surface area (Å²) in [4.78, 5) is 8.76. The molecule has 2 aromatic heterocycles. The molecule has 2 nitrogen and oxygen atoms in total. The Kier molecular flexibility index (Phi) is 3.53. The molecule has 0 saturated carbocycles. The maximum Gasteiger partial charge on any atom is 0.113 e. The van der Waals surface area contributed by atoms with Gasteiger partial charge in [-0.15, -0.1) is 11.3 Å². The summed E-state index contributed by atoms with van der Waals surface area (Å²) >= 11 is 1.75. The number of aryl methyl sites for hydroxylation is 1. The minimum atomic E-state index is 0.816. The van der Waals surface area contributed by atoms with Gasteiger partial charge in [0.15, 0.2) is 0 Å². The zero-order valence-electron chi connectivity index (χ0n) is 10.3. The van der Waals surface area contributed by atoms with E-state index < -0.39 is 0 Å². The Morgan fingerprint density at radius 2 is 1.95 bits per heavy atom. The van der Waals surface area contributed by atoms with E-state index in [0.29, 0.717) is 0 Å². The number of aromatic nitrogens is 2. The molecule has 1 aromatic carbocycles. The van der Waals surface area contributed by atoms with E-state index in [2.05, 4.69) is 33.9 Å². The van der Waals surface area contributed by atoms with Crippen molar-refractivity contribution in [3.05, 3.63) is 59.4 Å². The van der Waals surface area contributed by atoms with Crippen molar-refractivity contribution >= 4 is 21.6 Å².